The average molecular weight is 238 g/mol. The first-order valence-corrected chi connectivity index (χ1v) is 6.23. The Kier molecular flexibility index (Phi) is 6.47. The monoisotopic (exact) mass is 238 g/mol. The van der Waals surface area contributed by atoms with Crippen LogP contribution < -0.4 is 5.32 Å². The highest BCUT2D eigenvalue weighted by molar-refractivity contribution is 5.24. The van der Waals surface area contributed by atoms with Gasteiger partial charge in [0.25, 0.3) is 0 Å². The minimum absolute atomic E-state index is 0.599. The zero-order valence-electron chi connectivity index (χ0n) is 11.0. The van der Waals surface area contributed by atoms with Gasteiger partial charge in [-0.25, -0.2) is 4.98 Å². The number of aromatic nitrogens is 3. The third-order valence-electron chi connectivity index (χ3n) is 2.48. The zero-order chi connectivity index (χ0) is 12.5. The van der Waals surface area contributed by atoms with Crippen molar-refractivity contribution in [1.82, 2.24) is 15.2 Å². The van der Waals surface area contributed by atoms with Crippen molar-refractivity contribution in [3.8, 4) is 0 Å². The summed E-state index contributed by atoms with van der Waals surface area (Å²) in [4.78, 5) is 4.29. The second kappa shape index (κ2) is 7.95. The standard InChI is InChI=1S/C12H22N4O/c1-4-5-8-17-9-6-7-13-12-14-10(2)11(3)15-16-12/h4-9H2,1-3H3,(H,13,14,16). The maximum Gasteiger partial charge on any atom is 0.242 e. The van der Waals surface area contributed by atoms with Gasteiger partial charge in [0.2, 0.25) is 5.95 Å². The molecule has 0 atom stereocenters. The summed E-state index contributed by atoms with van der Waals surface area (Å²) in [6.45, 7) is 8.46. The molecule has 0 aliphatic heterocycles. The first-order valence-electron chi connectivity index (χ1n) is 6.23. The lowest BCUT2D eigenvalue weighted by atomic mass is 10.3. The fraction of sp³-hybridized carbons (Fsp3) is 0.750. The summed E-state index contributed by atoms with van der Waals surface area (Å²) in [6, 6.07) is 0. The molecule has 1 aromatic rings. The minimum Gasteiger partial charge on any atom is -0.381 e. The fourth-order valence-corrected chi connectivity index (χ4v) is 1.25. The Labute approximate surface area is 103 Å². The predicted molar refractivity (Wildman–Crippen MR) is 68.1 cm³/mol. The van der Waals surface area contributed by atoms with Gasteiger partial charge in [0.05, 0.1) is 11.4 Å². The highest BCUT2D eigenvalue weighted by atomic mass is 16.5. The maximum absolute atomic E-state index is 5.46. The molecular formula is C12H22N4O. The Hall–Kier alpha value is -1.23. The molecule has 0 bridgehead atoms. The van der Waals surface area contributed by atoms with E-state index in [9.17, 15) is 0 Å². The third-order valence-corrected chi connectivity index (χ3v) is 2.48. The van der Waals surface area contributed by atoms with E-state index in [0.29, 0.717) is 5.95 Å². The molecule has 17 heavy (non-hydrogen) atoms. The van der Waals surface area contributed by atoms with Gasteiger partial charge in [-0.3, -0.25) is 0 Å². The fourth-order valence-electron chi connectivity index (χ4n) is 1.25. The second-order valence-electron chi connectivity index (χ2n) is 4.05. The van der Waals surface area contributed by atoms with E-state index >= 15 is 0 Å². The Balaban J connectivity index is 2.11. The van der Waals surface area contributed by atoms with Gasteiger partial charge in [0.1, 0.15) is 0 Å². The summed E-state index contributed by atoms with van der Waals surface area (Å²) in [5.41, 5.74) is 1.79. The van der Waals surface area contributed by atoms with Crippen LogP contribution in [0, 0.1) is 13.8 Å². The molecule has 0 saturated carbocycles. The van der Waals surface area contributed by atoms with E-state index in [1.54, 1.807) is 0 Å². The van der Waals surface area contributed by atoms with Crippen LogP contribution in [0.1, 0.15) is 37.6 Å². The molecule has 0 unspecified atom stereocenters. The van der Waals surface area contributed by atoms with Crippen molar-refractivity contribution >= 4 is 5.95 Å². The SMILES string of the molecule is CCCCOCCCNc1nnc(C)c(C)n1. The highest BCUT2D eigenvalue weighted by Crippen LogP contribution is 2.01. The van der Waals surface area contributed by atoms with Gasteiger partial charge in [-0.2, -0.15) is 5.10 Å². The smallest absolute Gasteiger partial charge is 0.242 e. The van der Waals surface area contributed by atoms with Gasteiger partial charge in [0, 0.05) is 19.8 Å². The van der Waals surface area contributed by atoms with Gasteiger partial charge in [-0.15, -0.1) is 5.10 Å². The molecule has 0 amide bonds. The molecule has 0 aliphatic carbocycles. The lowest BCUT2D eigenvalue weighted by Crippen LogP contribution is -2.10. The highest BCUT2D eigenvalue weighted by Gasteiger charge is 1.99. The second-order valence-corrected chi connectivity index (χ2v) is 4.05. The third kappa shape index (κ3) is 5.58. The van der Waals surface area contributed by atoms with Crippen molar-refractivity contribution in [3.05, 3.63) is 11.4 Å². The molecule has 1 aromatic heterocycles. The molecule has 96 valence electrons. The molecular weight excluding hydrogens is 216 g/mol. The summed E-state index contributed by atoms with van der Waals surface area (Å²) in [7, 11) is 0. The van der Waals surface area contributed by atoms with Gasteiger partial charge < -0.3 is 10.1 Å². The molecule has 1 N–H and O–H groups in total. The predicted octanol–water partition coefficient (Wildman–Crippen LogP) is 2.11. The summed E-state index contributed by atoms with van der Waals surface area (Å²) in [5, 5.41) is 11.1. The van der Waals surface area contributed by atoms with Gasteiger partial charge in [-0.05, 0) is 26.7 Å². The molecule has 0 spiro atoms. The largest absolute Gasteiger partial charge is 0.381 e. The number of anilines is 1. The topological polar surface area (TPSA) is 59.9 Å². The Bertz CT molecular complexity index is 330. The quantitative estimate of drug-likeness (QED) is 0.703. The van der Waals surface area contributed by atoms with E-state index in [4.69, 9.17) is 4.74 Å². The number of nitrogens with one attached hydrogen (secondary N) is 1. The lowest BCUT2D eigenvalue weighted by molar-refractivity contribution is 0.131. The van der Waals surface area contributed by atoms with Crippen molar-refractivity contribution in [2.24, 2.45) is 0 Å². The molecule has 0 aromatic carbocycles. The average Bonchev–Trinajstić information content (AvgIpc) is 2.32. The summed E-state index contributed by atoms with van der Waals surface area (Å²) in [5.74, 6) is 0.599. The normalized spacial score (nSPS) is 10.5. The van der Waals surface area contributed by atoms with E-state index in [0.717, 1.165) is 44.0 Å². The van der Waals surface area contributed by atoms with Crippen molar-refractivity contribution in [1.29, 1.82) is 0 Å². The van der Waals surface area contributed by atoms with Crippen LogP contribution in [-0.4, -0.2) is 34.9 Å². The van der Waals surface area contributed by atoms with Crippen LogP contribution in [0.2, 0.25) is 0 Å². The Morgan fingerprint density at radius 1 is 1.06 bits per heavy atom. The van der Waals surface area contributed by atoms with Gasteiger partial charge in [0.15, 0.2) is 0 Å². The van der Waals surface area contributed by atoms with Crippen LogP contribution >= 0.6 is 0 Å². The van der Waals surface area contributed by atoms with Crippen molar-refractivity contribution in [2.75, 3.05) is 25.1 Å². The molecule has 1 heterocycles. The van der Waals surface area contributed by atoms with Crippen LogP contribution in [0.3, 0.4) is 0 Å². The van der Waals surface area contributed by atoms with Gasteiger partial charge >= 0.3 is 0 Å². The Morgan fingerprint density at radius 2 is 1.82 bits per heavy atom. The van der Waals surface area contributed by atoms with E-state index in [1.165, 1.54) is 6.42 Å². The van der Waals surface area contributed by atoms with Crippen molar-refractivity contribution in [2.45, 2.75) is 40.0 Å². The maximum atomic E-state index is 5.46. The molecule has 5 nitrogen and oxygen atoms in total. The van der Waals surface area contributed by atoms with Gasteiger partial charge in [-0.1, -0.05) is 13.3 Å². The van der Waals surface area contributed by atoms with E-state index < -0.39 is 0 Å². The van der Waals surface area contributed by atoms with Crippen molar-refractivity contribution in [3.63, 3.8) is 0 Å². The van der Waals surface area contributed by atoms with Crippen LogP contribution in [0.5, 0.6) is 0 Å². The first-order chi connectivity index (χ1) is 8.24. The van der Waals surface area contributed by atoms with Crippen LogP contribution in [0.25, 0.3) is 0 Å². The van der Waals surface area contributed by atoms with Crippen LogP contribution in [-0.2, 0) is 4.74 Å². The number of unbranched alkanes of at least 4 members (excludes halogenated alkanes) is 1. The first kappa shape index (κ1) is 13.8. The van der Waals surface area contributed by atoms with Crippen molar-refractivity contribution < 1.29 is 4.74 Å². The molecule has 0 radical (unpaired) electrons. The molecule has 0 aliphatic rings. The summed E-state index contributed by atoms with van der Waals surface area (Å²) >= 11 is 0. The minimum atomic E-state index is 0.599. The number of rotatable bonds is 8. The number of hydrogen-bond acceptors (Lipinski definition) is 5. The number of nitrogens with zero attached hydrogens (tertiary/aromatic N) is 3. The van der Waals surface area contributed by atoms with E-state index in [2.05, 4.69) is 27.4 Å². The summed E-state index contributed by atoms with van der Waals surface area (Å²) < 4.78 is 5.46. The molecule has 1 rings (SSSR count). The number of hydrogen-bond donors (Lipinski definition) is 1. The zero-order valence-corrected chi connectivity index (χ0v) is 11.0. The van der Waals surface area contributed by atoms with Crippen LogP contribution in [0.4, 0.5) is 5.95 Å². The summed E-state index contributed by atoms with van der Waals surface area (Å²) in [6.07, 6.45) is 3.28. The molecule has 0 fully saturated rings. The van der Waals surface area contributed by atoms with E-state index in [1.807, 2.05) is 13.8 Å². The number of aryl methyl sites for hydroxylation is 2. The molecule has 0 saturated heterocycles. The van der Waals surface area contributed by atoms with E-state index in [-0.39, 0.29) is 0 Å². The Morgan fingerprint density at radius 3 is 2.53 bits per heavy atom. The molecule has 5 heteroatoms. The lowest BCUT2D eigenvalue weighted by Gasteiger charge is -2.06. The number of ether oxygens (including phenoxy) is 1. The van der Waals surface area contributed by atoms with Crippen LogP contribution in [0.15, 0.2) is 0 Å².